The highest BCUT2D eigenvalue weighted by Crippen LogP contribution is 2.45. The van der Waals surface area contributed by atoms with Gasteiger partial charge in [-0.1, -0.05) is 39.7 Å². The largest absolute Gasteiger partial charge is 0.497 e. The van der Waals surface area contributed by atoms with Crippen LogP contribution in [-0.4, -0.2) is 18.8 Å². The smallest absolute Gasteiger partial charge is 0.232 e. The van der Waals surface area contributed by atoms with E-state index >= 15 is 0 Å². The van der Waals surface area contributed by atoms with E-state index in [-0.39, 0.29) is 24.0 Å². The van der Waals surface area contributed by atoms with Gasteiger partial charge in [0.05, 0.1) is 17.8 Å². The number of allylic oxidation sites excluding steroid dienone is 2. The molecule has 0 saturated heterocycles. The quantitative estimate of drug-likeness (QED) is 0.595. The molecule has 0 saturated carbocycles. The molecule has 2 aromatic rings. The molecule has 0 spiro atoms. The molecule has 6 heteroatoms. The number of carbonyl (C=O) groups is 2. The molecule has 144 valence electrons. The predicted molar refractivity (Wildman–Crippen MR) is 113 cm³/mol. The molecule has 1 aliphatic carbocycles. The van der Waals surface area contributed by atoms with Crippen molar-refractivity contribution in [3.8, 4) is 5.75 Å². The molecule has 1 aliphatic heterocycles. The zero-order valence-electron chi connectivity index (χ0n) is 15.4. The van der Waals surface area contributed by atoms with E-state index in [0.717, 1.165) is 27.7 Å². The lowest BCUT2D eigenvalue weighted by Gasteiger charge is -2.38. The van der Waals surface area contributed by atoms with Crippen molar-refractivity contribution in [1.82, 2.24) is 0 Å². The molecule has 4 nitrogen and oxygen atoms in total. The first kappa shape index (κ1) is 19.2. The van der Waals surface area contributed by atoms with Crippen LogP contribution in [0.4, 0.5) is 5.69 Å². The minimum absolute atomic E-state index is 0.0505. The number of ketones is 1. The maximum absolute atomic E-state index is 13.2. The standard InChI is InChI=1S/C22H19BrClNO3/c1-28-15-5-2-4-13(10-15)16-12-21(27)25(18-9-8-14(23)11-17(18)24)19-6-3-7-20(26)22(16)19/h2,4-5,8-11,16H,3,6-7,12H2,1H3. The molecule has 0 radical (unpaired) electrons. The van der Waals surface area contributed by atoms with Gasteiger partial charge in [0.1, 0.15) is 5.75 Å². The van der Waals surface area contributed by atoms with E-state index in [4.69, 9.17) is 16.3 Å². The zero-order chi connectivity index (χ0) is 19.8. The topological polar surface area (TPSA) is 46.6 Å². The number of anilines is 1. The molecule has 0 fully saturated rings. The molecule has 2 aromatic carbocycles. The Labute approximate surface area is 177 Å². The summed E-state index contributed by atoms with van der Waals surface area (Å²) < 4.78 is 6.18. The van der Waals surface area contributed by atoms with Gasteiger partial charge in [-0.3, -0.25) is 14.5 Å². The minimum Gasteiger partial charge on any atom is -0.497 e. The number of ether oxygens (including phenoxy) is 1. The average molecular weight is 461 g/mol. The number of amides is 1. The van der Waals surface area contributed by atoms with Crippen LogP contribution in [0.15, 0.2) is 58.2 Å². The molecule has 2 aliphatic rings. The molecule has 1 heterocycles. The normalized spacial score (nSPS) is 19.7. The Hall–Kier alpha value is -2.11. The Balaban J connectivity index is 1.87. The number of nitrogens with zero attached hydrogens (tertiary/aromatic N) is 1. The van der Waals surface area contributed by atoms with E-state index in [1.165, 1.54) is 0 Å². The van der Waals surface area contributed by atoms with Crippen LogP contribution in [0.2, 0.25) is 5.02 Å². The van der Waals surface area contributed by atoms with Gasteiger partial charge in [-0.05, 0) is 48.7 Å². The first-order valence-electron chi connectivity index (χ1n) is 9.18. The lowest BCUT2D eigenvalue weighted by molar-refractivity contribution is -0.119. The maximum Gasteiger partial charge on any atom is 0.232 e. The molecule has 0 N–H and O–H groups in total. The van der Waals surface area contributed by atoms with Crippen molar-refractivity contribution in [2.45, 2.75) is 31.6 Å². The van der Waals surface area contributed by atoms with Crippen LogP contribution in [0.1, 0.15) is 37.2 Å². The highest BCUT2D eigenvalue weighted by atomic mass is 79.9. The maximum atomic E-state index is 13.2. The van der Waals surface area contributed by atoms with E-state index in [0.29, 0.717) is 29.3 Å². The van der Waals surface area contributed by atoms with Crippen LogP contribution < -0.4 is 9.64 Å². The molecule has 0 aromatic heterocycles. The van der Waals surface area contributed by atoms with E-state index in [9.17, 15) is 9.59 Å². The van der Waals surface area contributed by atoms with E-state index in [2.05, 4.69) is 15.9 Å². The van der Waals surface area contributed by atoms with Crippen LogP contribution >= 0.6 is 27.5 Å². The monoisotopic (exact) mass is 459 g/mol. The summed E-state index contributed by atoms with van der Waals surface area (Å²) in [4.78, 5) is 27.8. The first-order chi connectivity index (χ1) is 13.5. The van der Waals surface area contributed by atoms with Crippen molar-refractivity contribution in [2.24, 2.45) is 0 Å². The Morgan fingerprint density at radius 3 is 2.71 bits per heavy atom. The van der Waals surface area contributed by atoms with Crippen LogP contribution in [0.25, 0.3) is 0 Å². The van der Waals surface area contributed by atoms with E-state index < -0.39 is 0 Å². The van der Waals surface area contributed by atoms with E-state index in [1.54, 1.807) is 18.1 Å². The summed E-state index contributed by atoms with van der Waals surface area (Å²) in [5, 5.41) is 0.479. The van der Waals surface area contributed by atoms with Gasteiger partial charge in [-0.15, -0.1) is 0 Å². The summed E-state index contributed by atoms with van der Waals surface area (Å²) in [6.45, 7) is 0. The summed E-state index contributed by atoms with van der Waals surface area (Å²) in [7, 11) is 1.61. The van der Waals surface area contributed by atoms with E-state index in [1.807, 2.05) is 36.4 Å². The van der Waals surface area contributed by atoms with Gasteiger partial charge in [0.15, 0.2) is 5.78 Å². The number of methoxy groups -OCH3 is 1. The molecule has 0 bridgehead atoms. The molecular weight excluding hydrogens is 442 g/mol. The third-order valence-corrected chi connectivity index (χ3v) is 6.12. The number of halogens is 2. The number of carbonyl (C=O) groups excluding carboxylic acids is 2. The second-order valence-corrected chi connectivity index (χ2v) is 8.32. The fraction of sp³-hybridized carbons (Fsp3) is 0.273. The summed E-state index contributed by atoms with van der Waals surface area (Å²) in [6.07, 6.45) is 2.15. The second-order valence-electron chi connectivity index (χ2n) is 7.00. The third kappa shape index (κ3) is 3.38. The highest BCUT2D eigenvalue weighted by Gasteiger charge is 2.40. The van der Waals surface area contributed by atoms with Crippen molar-refractivity contribution in [1.29, 1.82) is 0 Å². The fourth-order valence-electron chi connectivity index (χ4n) is 4.08. The third-order valence-electron chi connectivity index (χ3n) is 5.32. The Bertz CT molecular complexity index is 1000. The highest BCUT2D eigenvalue weighted by molar-refractivity contribution is 9.10. The summed E-state index contributed by atoms with van der Waals surface area (Å²) in [5.74, 6) is 0.523. The Morgan fingerprint density at radius 1 is 1.14 bits per heavy atom. The minimum atomic E-state index is -0.254. The summed E-state index contributed by atoms with van der Waals surface area (Å²) in [6, 6.07) is 13.1. The van der Waals surface area contributed by atoms with Crippen molar-refractivity contribution in [2.75, 3.05) is 12.0 Å². The first-order valence-corrected chi connectivity index (χ1v) is 10.3. The summed E-state index contributed by atoms with van der Waals surface area (Å²) >= 11 is 9.84. The fourth-order valence-corrected chi connectivity index (χ4v) is 4.84. The number of hydrogen-bond acceptors (Lipinski definition) is 3. The van der Waals surface area contributed by atoms with Crippen molar-refractivity contribution >= 4 is 44.9 Å². The Kier molecular flexibility index (Phi) is 5.30. The SMILES string of the molecule is COc1cccc(C2CC(=O)N(c3ccc(Br)cc3Cl)C3=C2C(=O)CCC3)c1. The van der Waals surface area contributed by atoms with Crippen molar-refractivity contribution in [3.05, 3.63) is 68.8 Å². The van der Waals surface area contributed by atoms with Gasteiger partial charge in [-0.2, -0.15) is 0 Å². The molecule has 4 rings (SSSR count). The molecule has 1 amide bonds. The number of rotatable bonds is 3. The number of Topliss-reactive ketones (excluding diaryl/α,β-unsaturated/α-hetero) is 1. The van der Waals surface area contributed by atoms with Crippen LogP contribution in [0.5, 0.6) is 5.75 Å². The lowest BCUT2D eigenvalue weighted by Crippen LogP contribution is -2.40. The molecule has 1 atom stereocenters. The van der Waals surface area contributed by atoms with Gasteiger partial charge < -0.3 is 4.74 Å². The van der Waals surface area contributed by atoms with Gasteiger partial charge in [0.2, 0.25) is 5.91 Å². The summed E-state index contributed by atoms with van der Waals surface area (Å²) in [5.41, 5.74) is 3.07. The lowest BCUT2D eigenvalue weighted by atomic mass is 9.77. The van der Waals surface area contributed by atoms with Crippen LogP contribution in [0, 0.1) is 0 Å². The van der Waals surface area contributed by atoms with Crippen LogP contribution in [0.3, 0.4) is 0 Å². The number of benzene rings is 2. The van der Waals surface area contributed by atoms with Gasteiger partial charge >= 0.3 is 0 Å². The molecular formula is C22H19BrClNO3. The molecule has 1 unspecified atom stereocenters. The van der Waals surface area contributed by atoms with Gasteiger partial charge in [0, 0.05) is 34.5 Å². The zero-order valence-corrected chi connectivity index (χ0v) is 17.7. The average Bonchev–Trinajstić information content (AvgIpc) is 2.68. The Morgan fingerprint density at radius 2 is 1.96 bits per heavy atom. The van der Waals surface area contributed by atoms with Crippen molar-refractivity contribution < 1.29 is 14.3 Å². The second kappa shape index (κ2) is 7.72. The van der Waals surface area contributed by atoms with Gasteiger partial charge in [-0.25, -0.2) is 0 Å². The number of hydrogen-bond donors (Lipinski definition) is 0. The van der Waals surface area contributed by atoms with Gasteiger partial charge in [0.25, 0.3) is 0 Å². The van der Waals surface area contributed by atoms with Crippen molar-refractivity contribution in [3.63, 3.8) is 0 Å². The molecule has 28 heavy (non-hydrogen) atoms. The predicted octanol–water partition coefficient (Wildman–Crippen LogP) is 5.64. The van der Waals surface area contributed by atoms with Crippen LogP contribution in [-0.2, 0) is 9.59 Å².